The van der Waals surface area contributed by atoms with Crippen LogP contribution in [0.25, 0.3) is 6.08 Å². The fourth-order valence-electron chi connectivity index (χ4n) is 1.55. The standard InChI is InChI=1S/C13H14N4O3/c1-19-11-5-3-10(7-12(11)20-2)4-6-13(18)16-17-8-14-15-9-17/h3-9H,1-2H3,(H,16,18). The van der Waals surface area contributed by atoms with Gasteiger partial charge in [-0.05, 0) is 23.8 Å². The zero-order chi connectivity index (χ0) is 14.4. The molecule has 1 aromatic carbocycles. The number of benzene rings is 1. The maximum atomic E-state index is 11.6. The highest BCUT2D eigenvalue weighted by atomic mass is 16.5. The maximum absolute atomic E-state index is 11.6. The van der Waals surface area contributed by atoms with Crippen LogP contribution in [0.3, 0.4) is 0 Å². The van der Waals surface area contributed by atoms with Crippen molar-refractivity contribution in [3.63, 3.8) is 0 Å². The molecule has 0 unspecified atom stereocenters. The van der Waals surface area contributed by atoms with Crippen LogP contribution in [0.1, 0.15) is 5.56 Å². The van der Waals surface area contributed by atoms with Gasteiger partial charge in [0, 0.05) is 6.08 Å². The molecule has 20 heavy (non-hydrogen) atoms. The van der Waals surface area contributed by atoms with Gasteiger partial charge < -0.3 is 9.47 Å². The number of nitrogens with one attached hydrogen (secondary N) is 1. The van der Waals surface area contributed by atoms with E-state index in [1.54, 1.807) is 32.4 Å². The second-order valence-corrected chi connectivity index (χ2v) is 3.79. The van der Waals surface area contributed by atoms with Crippen LogP contribution >= 0.6 is 0 Å². The summed E-state index contributed by atoms with van der Waals surface area (Å²) >= 11 is 0. The summed E-state index contributed by atoms with van der Waals surface area (Å²) in [6.07, 6.45) is 5.85. The van der Waals surface area contributed by atoms with Gasteiger partial charge >= 0.3 is 0 Å². The lowest BCUT2D eigenvalue weighted by Crippen LogP contribution is -2.18. The Morgan fingerprint density at radius 1 is 1.20 bits per heavy atom. The molecule has 0 spiro atoms. The van der Waals surface area contributed by atoms with E-state index in [1.807, 2.05) is 6.07 Å². The fraction of sp³-hybridized carbons (Fsp3) is 0.154. The lowest BCUT2D eigenvalue weighted by molar-refractivity contribution is -0.112. The molecule has 0 radical (unpaired) electrons. The van der Waals surface area contributed by atoms with E-state index in [2.05, 4.69) is 15.6 Å². The number of ether oxygens (including phenoxy) is 2. The van der Waals surface area contributed by atoms with E-state index in [1.165, 1.54) is 23.4 Å². The Kier molecular flexibility index (Phi) is 4.33. The number of rotatable bonds is 5. The lowest BCUT2D eigenvalue weighted by Gasteiger charge is -2.07. The molecule has 0 aliphatic heterocycles. The lowest BCUT2D eigenvalue weighted by atomic mass is 10.2. The van der Waals surface area contributed by atoms with E-state index in [4.69, 9.17) is 9.47 Å². The topological polar surface area (TPSA) is 78.3 Å². The van der Waals surface area contributed by atoms with Crippen molar-refractivity contribution in [1.82, 2.24) is 14.9 Å². The monoisotopic (exact) mass is 274 g/mol. The average Bonchev–Trinajstić information content (AvgIpc) is 2.97. The minimum absolute atomic E-state index is 0.292. The number of nitrogens with zero attached hydrogens (tertiary/aromatic N) is 3. The third-order valence-electron chi connectivity index (χ3n) is 2.49. The predicted octanol–water partition coefficient (Wildman–Crippen LogP) is 1.08. The first-order valence-corrected chi connectivity index (χ1v) is 5.78. The number of amides is 1. The smallest absolute Gasteiger partial charge is 0.262 e. The van der Waals surface area contributed by atoms with Crippen LogP contribution in [-0.2, 0) is 4.79 Å². The third-order valence-corrected chi connectivity index (χ3v) is 2.49. The highest BCUT2D eigenvalue weighted by Crippen LogP contribution is 2.27. The van der Waals surface area contributed by atoms with Gasteiger partial charge in [-0.15, -0.1) is 10.2 Å². The van der Waals surface area contributed by atoms with E-state index in [-0.39, 0.29) is 5.91 Å². The second kappa shape index (κ2) is 6.37. The summed E-state index contributed by atoms with van der Waals surface area (Å²) in [5.74, 6) is 0.951. The fourth-order valence-corrected chi connectivity index (χ4v) is 1.55. The highest BCUT2D eigenvalue weighted by molar-refractivity contribution is 5.97. The largest absolute Gasteiger partial charge is 0.493 e. The molecule has 1 amide bonds. The Labute approximate surface area is 115 Å². The molecule has 1 N–H and O–H groups in total. The van der Waals surface area contributed by atoms with Crippen molar-refractivity contribution in [2.75, 3.05) is 19.6 Å². The number of methoxy groups -OCH3 is 2. The first kappa shape index (κ1) is 13.6. The van der Waals surface area contributed by atoms with Gasteiger partial charge in [0.25, 0.3) is 5.91 Å². The van der Waals surface area contributed by atoms with Crippen LogP contribution in [0.15, 0.2) is 36.9 Å². The van der Waals surface area contributed by atoms with Crippen molar-refractivity contribution in [2.24, 2.45) is 0 Å². The van der Waals surface area contributed by atoms with Gasteiger partial charge in [-0.25, -0.2) is 4.68 Å². The van der Waals surface area contributed by atoms with Crippen LogP contribution in [0.5, 0.6) is 11.5 Å². The third kappa shape index (κ3) is 3.35. The normalized spacial score (nSPS) is 10.5. The van der Waals surface area contributed by atoms with Crippen molar-refractivity contribution in [3.8, 4) is 11.5 Å². The molecular formula is C13H14N4O3. The molecular weight excluding hydrogens is 260 g/mol. The summed E-state index contributed by atoms with van der Waals surface area (Å²) in [5, 5.41) is 7.16. The van der Waals surface area contributed by atoms with Gasteiger partial charge in [-0.3, -0.25) is 10.2 Å². The SMILES string of the molecule is COc1ccc(C=CC(=O)Nn2cnnc2)cc1OC. The molecule has 0 aliphatic rings. The quantitative estimate of drug-likeness (QED) is 0.825. The summed E-state index contributed by atoms with van der Waals surface area (Å²) in [5.41, 5.74) is 3.37. The minimum atomic E-state index is -0.292. The maximum Gasteiger partial charge on any atom is 0.262 e. The summed E-state index contributed by atoms with van der Waals surface area (Å²) in [4.78, 5) is 11.6. The molecule has 2 aromatic rings. The highest BCUT2D eigenvalue weighted by Gasteiger charge is 2.03. The molecule has 7 heteroatoms. The second-order valence-electron chi connectivity index (χ2n) is 3.79. The molecule has 1 aromatic heterocycles. The van der Waals surface area contributed by atoms with Crippen molar-refractivity contribution >= 4 is 12.0 Å². The molecule has 0 saturated carbocycles. The molecule has 104 valence electrons. The first-order chi connectivity index (χ1) is 9.72. The van der Waals surface area contributed by atoms with Gasteiger partial charge in [0.2, 0.25) is 0 Å². The van der Waals surface area contributed by atoms with E-state index in [9.17, 15) is 4.79 Å². The van der Waals surface area contributed by atoms with Gasteiger partial charge in [0.05, 0.1) is 14.2 Å². The molecule has 0 atom stereocenters. The Hall–Kier alpha value is -2.83. The van der Waals surface area contributed by atoms with Crippen molar-refractivity contribution < 1.29 is 14.3 Å². The molecule has 0 bridgehead atoms. The van der Waals surface area contributed by atoms with Crippen LogP contribution in [0, 0.1) is 0 Å². The van der Waals surface area contributed by atoms with Crippen LogP contribution in [-0.4, -0.2) is 35.0 Å². The Morgan fingerprint density at radius 3 is 2.55 bits per heavy atom. The van der Waals surface area contributed by atoms with E-state index in [0.29, 0.717) is 11.5 Å². The van der Waals surface area contributed by atoms with Gasteiger partial charge in [0.15, 0.2) is 11.5 Å². The molecule has 1 heterocycles. The Morgan fingerprint density at radius 2 is 1.90 bits per heavy atom. The average molecular weight is 274 g/mol. The summed E-state index contributed by atoms with van der Waals surface area (Å²) < 4.78 is 11.7. The number of carbonyl (C=O) groups is 1. The summed E-state index contributed by atoms with van der Waals surface area (Å²) in [6.45, 7) is 0. The summed E-state index contributed by atoms with van der Waals surface area (Å²) in [6, 6.07) is 5.38. The molecule has 0 saturated heterocycles. The number of hydrogen-bond donors (Lipinski definition) is 1. The first-order valence-electron chi connectivity index (χ1n) is 5.78. The zero-order valence-corrected chi connectivity index (χ0v) is 11.1. The molecule has 2 rings (SSSR count). The van der Waals surface area contributed by atoms with Crippen LogP contribution in [0.2, 0.25) is 0 Å². The molecule has 7 nitrogen and oxygen atoms in total. The van der Waals surface area contributed by atoms with Crippen molar-refractivity contribution in [1.29, 1.82) is 0 Å². The van der Waals surface area contributed by atoms with E-state index in [0.717, 1.165) is 5.56 Å². The molecule has 0 aliphatic carbocycles. The van der Waals surface area contributed by atoms with Crippen LogP contribution < -0.4 is 14.9 Å². The Bertz CT molecular complexity index is 608. The minimum Gasteiger partial charge on any atom is -0.493 e. The number of carbonyl (C=O) groups excluding carboxylic acids is 1. The van der Waals surface area contributed by atoms with E-state index >= 15 is 0 Å². The van der Waals surface area contributed by atoms with Gasteiger partial charge in [0.1, 0.15) is 12.7 Å². The van der Waals surface area contributed by atoms with Crippen molar-refractivity contribution in [3.05, 3.63) is 42.5 Å². The predicted molar refractivity (Wildman–Crippen MR) is 73.0 cm³/mol. The summed E-state index contributed by atoms with van der Waals surface area (Å²) in [7, 11) is 3.13. The van der Waals surface area contributed by atoms with E-state index < -0.39 is 0 Å². The number of hydrogen-bond acceptors (Lipinski definition) is 5. The van der Waals surface area contributed by atoms with Gasteiger partial charge in [-0.2, -0.15) is 0 Å². The van der Waals surface area contributed by atoms with Crippen molar-refractivity contribution in [2.45, 2.75) is 0 Å². The zero-order valence-electron chi connectivity index (χ0n) is 11.1. The van der Waals surface area contributed by atoms with Gasteiger partial charge in [-0.1, -0.05) is 6.07 Å². The van der Waals surface area contributed by atoms with Crippen LogP contribution in [0.4, 0.5) is 0 Å². The molecule has 0 fully saturated rings. The Balaban J connectivity index is 2.05. The number of aromatic nitrogens is 3.